The van der Waals surface area contributed by atoms with Crippen molar-refractivity contribution in [3.8, 4) is 0 Å². The van der Waals surface area contributed by atoms with Crippen LogP contribution in [0.4, 0.5) is 5.69 Å². The summed E-state index contributed by atoms with van der Waals surface area (Å²) in [4.78, 5) is 36.6. The van der Waals surface area contributed by atoms with Crippen molar-refractivity contribution in [1.82, 2.24) is 14.8 Å². The smallest absolute Gasteiger partial charge is 0.407 e. The number of fused-ring (bicyclic) bond motifs is 2. The average molecular weight is 360 g/mol. The molecule has 2 aliphatic heterocycles. The van der Waals surface area contributed by atoms with Gasteiger partial charge in [-0.2, -0.15) is 0 Å². The molecule has 138 valence electrons. The number of amides is 1. The van der Waals surface area contributed by atoms with E-state index in [9.17, 15) is 19.7 Å². The Morgan fingerprint density at radius 3 is 2.73 bits per heavy atom. The van der Waals surface area contributed by atoms with Crippen molar-refractivity contribution in [2.45, 2.75) is 19.4 Å². The zero-order valence-corrected chi connectivity index (χ0v) is 14.2. The molecule has 1 aromatic heterocycles. The van der Waals surface area contributed by atoms with E-state index >= 15 is 0 Å². The van der Waals surface area contributed by atoms with Crippen LogP contribution >= 0.6 is 0 Å². The van der Waals surface area contributed by atoms with E-state index < -0.39 is 10.7 Å². The highest BCUT2D eigenvalue weighted by atomic mass is 16.6. The molecule has 2 atom stereocenters. The number of non-ortho nitro benzene ring substituents is 1. The van der Waals surface area contributed by atoms with Crippen LogP contribution in [0, 0.1) is 22.0 Å². The Morgan fingerprint density at radius 1 is 1.31 bits per heavy atom. The highest BCUT2D eigenvalue weighted by Gasteiger charge is 2.37. The van der Waals surface area contributed by atoms with Crippen molar-refractivity contribution in [3.05, 3.63) is 38.9 Å². The van der Waals surface area contributed by atoms with Crippen molar-refractivity contribution in [3.63, 3.8) is 0 Å². The minimum atomic E-state index is -0.560. The number of aryl methyl sites for hydroxylation is 1. The Balaban J connectivity index is 1.39. The van der Waals surface area contributed by atoms with Crippen molar-refractivity contribution in [1.29, 1.82) is 0 Å². The molecule has 9 heteroatoms. The predicted octanol–water partition coefficient (Wildman–Crippen LogP) is 0.961. The van der Waals surface area contributed by atoms with Crippen molar-refractivity contribution in [2.75, 3.05) is 26.2 Å². The number of rotatable bonds is 5. The fraction of sp³-hybridized carbons (Fsp3) is 0.529. The third kappa shape index (κ3) is 2.98. The third-order valence-corrected chi connectivity index (χ3v) is 5.38. The lowest BCUT2D eigenvalue weighted by Crippen LogP contribution is -2.32. The van der Waals surface area contributed by atoms with Crippen LogP contribution in [-0.4, -0.2) is 46.5 Å². The van der Waals surface area contributed by atoms with Crippen LogP contribution in [-0.2, 0) is 11.3 Å². The second-order valence-corrected chi connectivity index (χ2v) is 7.01. The van der Waals surface area contributed by atoms with Gasteiger partial charge in [-0.05, 0) is 24.3 Å². The van der Waals surface area contributed by atoms with Gasteiger partial charge in [-0.1, -0.05) is 0 Å². The van der Waals surface area contributed by atoms with E-state index in [-0.39, 0.29) is 17.2 Å². The first-order valence-corrected chi connectivity index (χ1v) is 8.79. The fourth-order valence-corrected chi connectivity index (χ4v) is 3.99. The van der Waals surface area contributed by atoms with E-state index in [1.54, 1.807) is 0 Å². The van der Waals surface area contributed by atoms with E-state index in [1.807, 2.05) is 4.90 Å². The lowest BCUT2D eigenvalue weighted by atomic mass is 10.0. The first-order valence-electron chi connectivity index (χ1n) is 8.79. The molecule has 0 radical (unpaired) electrons. The lowest BCUT2D eigenvalue weighted by molar-refractivity contribution is -0.384. The van der Waals surface area contributed by atoms with Crippen LogP contribution in [0.5, 0.6) is 0 Å². The molecule has 0 aliphatic carbocycles. The van der Waals surface area contributed by atoms with E-state index in [0.29, 0.717) is 36.7 Å². The number of carbonyl (C=O) groups excluding carboxylic acids is 1. The summed E-state index contributed by atoms with van der Waals surface area (Å²) in [6.45, 7) is 3.94. The van der Waals surface area contributed by atoms with E-state index in [2.05, 4.69) is 5.32 Å². The summed E-state index contributed by atoms with van der Waals surface area (Å²) in [6.07, 6.45) is 0.896. The lowest BCUT2D eigenvalue weighted by Gasteiger charge is -2.17. The number of hydrogen-bond donors (Lipinski definition) is 1. The first kappa shape index (κ1) is 16.8. The topological polar surface area (TPSA) is 111 Å². The zero-order chi connectivity index (χ0) is 18.3. The summed E-state index contributed by atoms with van der Waals surface area (Å²) < 4.78 is 6.52. The molecule has 4 rings (SSSR count). The number of nitrogens with one attached hydrogen (secondary N) is 1. The van der Waals surface area contributed by atoms with Crippen LogP contribution < -0.4 is 11.1 Å². The van der Waals surface area contributed by atoms with Crippen LogP contribution in [0.3, 0.4) is 0 Å². The SMILES string of the molecule is O=C(CCCn1c(=O)oc2cc([N+](=O)[O-])ccc21)N1C[C@H]2CNC[C@H]2C1. The van der Waals surface area contributed by atoms with Crippen LogP contribution in [0.15, 0.2) is 27.4 Å². The quantitative estimate of drug-likeness (QED) is 0.628. The van der Waals surface area contributed by atoms with Crippen molar-refractivity contribution < 1.29 is 14.1 Å². The number of aromatic nitrogens is 1. The number of carbonyl (C=O) groups is 1. The van der Waals surface area contributed by atoms with Gasteiger partial charge in [0.1, 0.15) is 0 Å². The largest absolute Gasteiger partial charge is 0.419 e. The van der Waals surface area contributed by atoms with Gasteiger partial charge in [-0.15, -0.1) is 0 Å². The van der Waals surface area contributed by atoms with Crippen molar-refractivity contribution >= 4 is 22.7 Å². The second kappa shape index (κ2) is 6.56. The van der Waals surface area contributed by atoms with Gasteiger partial charge in [0.2, 0.25) is 5.91 Å². The summed E-state index contributed by atoms with van der Waals surface area (Å²) >= 11 is 0. The van der Waals surface area contributed by atoms with Gasteiger partial charge in [0.25, 0.3) is 5.69 Å². The second-order valence-electron chi connectivity index (χ2n) is 7.01. The molecule has 2 saturated heterocycles. The van der Waals surface area contributed by atoms with Crippen LogP contribution in [0.1, 0.15) is 12.8 Å². The molecule has 2 aliphatic rings. The maximum atomic E-state index is 12.4. The molecular formula is C17H20N4O5. The maximum Gasteiger partial charge on any atom is 0.419 e. The number of nitrogens with zero attached hydrogens (tertiary/aromatic N) is 3. The number of nitro groups is 1. The summed E-state index contributed by atoms with van der Waals surface area (Å²) in [5.74, 6) is 0.691. The normalized spacial score (nSPS) is 22.1. The number of likely N-dealkylation sites (tertiary alicyclic amines) is 1. The average Bonchev–Trinajstić information content (AvgIpc) is 3.27. The number of nitro benzene ring substituents is 1. The fourth-order valence-electron chi connectivity index (χ4n) is 3.99. The standard InChI is InChI=1S/C17H20N4O5/c22-16(19-9-11-7-18-8-12(11)10-19)2-1-5-20-14-4-3-13(21(24)25)6-15(14)26-17(20)23/h3-4,6,11-12,18H,1-2,5,7-10H2/t11-,12+. The summed E-state index contributed by atoms with van der Waals surface area (Å²) in [5.41, 5.74) is 0.577. The number of oxazole rings is 1. The third-order valence-electron chi connectivity index (χ3n) is 5.38. The van der Waals surface area contributed by atoms with Crippen LogP contribution in [0.25, 0.3) is 11.1 Å². The van der Waals surface area contributed by atoms with E-state index in [0.717, 1.165) is 26.2 Å². The summed E-state index contributed by atoms with van der Waals surface area (Å²) in [5, 5.41) is 14.2. The van der Waals surface area contributed by atoms with E-state index in [1.165, 1.54) is 22.8 Å². The first-order chi connectivity index (χ1) is 12.5. The molecule has 9 nitrogen and oxygen atoms in total. The monoisotopic (exact) mass is 360 g/mol. The summed E-state index contributed by atoms with van der Waals surface area (Å²) in [7, 11) is 0. The molecule has 0 bridgehead atoms. The molecule has 3 heterocycles. The minimum absolute atomic E-state index is 0.121. The Bertz CT molecular complexity index is 906. The molecule has 0 unspecified atom stereocenters. The minimum Gasteiger partial charge on any atom is -0.407 e. The van der Waals surface area contributed by atoms with Gasteiger partial charge in [-0.25, -0.2) is 4.79 Å². The highest BCUT2D eigenvalue weighted by Crippen LogP contribution is 2.27. The Kier molecular flexibility index (Phi) is 4.23. The molecule has 1 N–H and O–H groups in total. The van der Waals surface area contributed by atoms with Crippen molar-refractivity contribution in [2.24, 2.45) is 11.8 Å². The molecule has 1 amide bonds. The number of benzene rings is 1. The van der Waals surface area contributed by atoms with Gasteiger partial charge >= 0.3 is 5.76 Å². The van der Waals surface area contributed by atoms with Gasteiger partial charge in [0.15, 0.2) is 5.58 Å². The van der Waals surface area contributed by atoms with Gasteiger partial charge in [0, 0.05) is 45.2 Å². The molecule has 0 spiro atoms. The van der Waals surface area contributed by atoms with Crippen LogP contribution in [0.2, 0.25) is 0 Å². The Hall–Kier alpha value is -2.68. The zero-order valence-electron chi connectivity index (χ0n) is 14.2. The maximum absolute atomic E-state index is 12.4. The van der Waals surface area contributed by atoms with E-state index in [4.69, 9.17) is 4.42 Å². The molecule has 26 heavy (non-hydrogen) atoms. The van der Waals surface area contributed by atoms with Gasteiger partial charge in [0.05, 0.1) is 16.5 Å². The Morgan fingerprint density at radius 2 is 2.04 bits per heavy atom. The molecular weight excluding hydrogens is 340 g/mol. The number of hydrogen-bond acceptors (Lipinski definition) is 6. The molecule has 2 aromatic rings. The molecule has 0 saturated carbocycles. The summed E-state index contributed by atoms with van der Waals surface area (Å²) in [6, 6.07) is 4.10. The molecule has 2 fully saturated rings. The van der Waals surface area contributed by atoms with Gasteiger partial charge in [-0.3, -0.25) is 19.5 Å². The Labute approximate surface area is 148 Å². The highest BCUT2D eigenvalue weighted by molar-refractivity contribution is 5.77. The molecule has 1 aromatic carbocycles. The van der Waals surface area contributed by atoms with Gasteiger partial charge < -0.3 is 14.6 Å². The predicted molar refractivity (Wildman–Crippen MR) is 92.8 cm³/mol.